The summed E-state index contributed by atoms with van der Waals surface area (Å²) in [6.07, 6.45) is 7.12. The molecule has 8 nitrogen and oxygen atoms in total. The second-order valence-corrected chi connectivity index (χ2v) is 9.84. The highest BCUT2D eigenvalue weighted by Gasteiger charge is 2.24. The summed E-state index contributed by atoms with van der Waals surface area (Å²) in [5.41, 5.74) is 2.17. The van der Waals surface area contributed by atoms with Gasteiger partial charge in [-0.15, -0.1) is 0 Å². The minimum atomic E-state index is -0.197. The number of nitrogens with zero attached hydrogens (tertiary/aromatic N) is 6. The van der Waals surface area contributed by atoms with Crippen LogP contribution < -0.4 is 5.56 Å². The van der Waals surface area contributed by atoms with Crippen LogP contribution in [0.15, 0.2) is 84.0 Å². The summed E-state index contributed by atoms with van der Waals surface area (Å²) in [6.45, 7) is 3.12. The molecule has 0 N–H and O–H groups in total. The fourth-order valence-corrected chi connectivity index (χ4v) is 5.21. The van der Waals surface area contributed by atoms with Crippen molar-refractivity contribution in [1.29, 1.82) is 0 Å². The first-order valence-corrected chi connectivity index (χ1v) is 12.9. The Morgan fingerprint density at radius 2 is 1.63 bits per heavy atom. The molecule has 190 valence electrons. The zero-order valence-electron chi connectivity index (χ0n) is 20.8. The minimum absolute atomic E-state index is 0.125. The third-order valence-corrected chi connectivity index (χ3v) is 7.31. The number of carbonyl (C=O) groups excluding carboxylic acids is 1. The molecule has 1 amide bonds. The molecule has 6 rings (SSSR count). The molecule has 0 spiro atoms. The van der Waals surface area contributed by atoms with Gasteiger partial charge < -0.3 is 9.47 Å². The van der Waals surface area contributed by atoms with Crippen LogP contribution in [0.2, 0.25) is 5.02 Å². The molecule has 1 saturated heterocycles. The molecule has 0 bridgehead atoms. The molecule has 0 atom stereocenters. The van der Waals surface area contributed by atoms with Crippen molar-refractivity contribution in [2.24, 2.45) is 0 Å². The molecule has 4 heterocycles. The van der Waals surface area contributed by atoms with E-state index in [1.807, 2.05) is 59.8 Å². The lowest BCUT2D eigenvalue weighted by Crippen LogP contribution is -2.37. The first-order chi connectivity index (χ1) is 18.5. The van der Waals surface area contributed by atoms with Crippen molar-refractivity contribution in [3.63, 3.8) is 0 Å². The van der Waals surface area contributed by atoms with Crippen molar-refractivity contribution < 1.29 is 4.79 Å². The lowest BCUT2D eigenvalue weighted by atomic mass is 10.0. The third-order valence-electron chi connectivity index (χ3n) is 7.09. The van der Waals surface area contributed by atoms with Crippen molar-refractivity contribution in [2.45, 2.75) is 25.8 Å². The van der Waals surface area contributed by atoms with Crippen LogP contribution in [0.5, 0.6) is 0 Å². The van der Waals surface area contributed by atoms with Gasteiger partial charge in [-0.3, -0.25) is 9.59 Å². The van der Waals surface area contributed by atoms with Crippen LogP contribution in [0.4, 0.5) is 0 Å². The van der Waals surface area contributed by atoms with Crippen molar-refractivity contribution >= 4 is 28.4 Å². The predicted molar refractivity (Wildman–Crippen MR) is 147 cm³/mol. The number of hydrogen-bond donors (Lipinski definition) is 0. The number of amides is 1. The van der Waals surface area contributed by atoms with Gasteiger partial charge in [-0.2, -0.15) is 0 Å². The number of hydrogen-bond acceptors (Lipinski definition) is 5. The van der Waals surface area contributed by atoms with Crippen LogP contribution >= 0.6 is 11.6 Å². The second kappa shape index (κ2) is 9.87. The zero-order valence-corrected chi connectivity index (χ0v) is 21.5. The molecule has 3 aromatic heterocycles. The number of rotatable bonds is 4. The van der Waals surface area contributed by atoms with Crippen LogP contribution in [0, 0.1) is 0 Å². The van der Waals surface area contributed by atoms with Gasteiger partial charge in [0.15, 0.2) is 0 Å². The molecule has 1 aliphatic heterocycles. The maximum absolute atomic E-state index is 13.6. The average Bonchev–Trinajstić information content (AvgIpc) is 3.44. The molecule has 0 unspecified atom stereocenters. The number of benzene rings is 2. The highest BCUT2D eigenvalue weighted by molar-refractivity contribution is 6.30. The van der Waals surface area contributed by atoms with E-state index in [1.165, 1.54) is 10.8 Å². The number of halogens is 1. The summed E-state index contributed by atoms with van der Waals surface area (Å²) < 4.78 is 3.73. The van der Waals surface area contributed by atoms with Crippen molar-refractivity contribution in [2.75, 3.05) is 13.1 Å². The van der Waals surface area contributed by atoms with E-state index < -0.39 is 0 Å². The van der Waals surface area contributed by atoms with Gasteiger partial charge in [0, 0.05) is 55.8 Å². The molecule has 9 heteroatoms. The Morgan fingerprint density at radius 3 is 2.32 bits per heavy atom. The van der Waals surface area contributed by atoms with Gasteiger partial charge in [0.05, 0.1) is 15.9 Å². The van der Waals surface area contributed by atoms with Gasteiger partial charge in [0.1, 0.15) is 17.5 Å². The molecule has 5 aromatic rings. The number of fused-ring (bicyclic) bond motifs is 1. The molecule has 0 saturated carbocycles. The highest BCUT2D eigenvalue weighted by Crippen LogP contribution is 2.30. The number of aromatic nitrogens is 5. The largest absolute Gasteiger partial charge is 0.343 e. The van der Waals surface area contributed by atoms with E-state index in [0.717, 1.165) is 42.9 Å². The Balaban J connectivity index is 1.38. The number of likely N-dealkylation sites (tertiary alicyclic amines) is 1. The normalized spacial score (nSPS) is 14.2. The number of piperidine rings is 1. The predicted octanol–water partition coefficient (Wildman–Crippen LogP) is 5.15. The van der Waals surface area contributed by atoms with E-state index >= 15 is 0 Å². The summed E-state index contributed by atoms with van der Waals surface area (Å²) >= 11 is 6.06. The topological polar surface area (TPSA) is 85.9 Å². The Kier molecular flexibility index (Phi) is 6.25. The van der Waals surface area contributed by atoms with E-state index in [0.29, 0.717) is 27.6 Å². The molecular formula is C29H25ClN6O2. The summed E-state index contributed by atoms with van der Waals surface area (Å²) in [5, 5.41) is 1.01. The maximum Gasteiger partial charge on any atom is 0.267 e. The van der Waals surface area contributed by atoms with Gasteiger partial charge in [-0.25, -0.2) is 19.5 Å². The second-order valence-electron chi connectivity index (χ2n) is 9.40. The van der Waals surface area contributed by atoms with E-state index in [1.54, 1.807) is 25.1 Å². The third kappa shape index (κ3) is 4.37. The summed E-state index contributed by atoms with van der Waals surface area (Å²) in [5.74, 6) is 1.94. The van der Waals surface area contributed by atoms with Gasteiger partial charge in [0.2, 0.25) is 5.91 Å². The van der Waals surface area contributed by atoms with E-state index in [-0.39, 0.29) is 17.5 Å². The Bertz CT molecular complexity index is 1680. The molecular weight excluding hydrogens is 500 g/mol. The molecule has 1 aliphatic rings. The van der Waals surface area contributed by atoms with Gasteiger partial charge in [-0.1, -0.05) is 48.0 Å². The first kappa shape index (κ1) is 24.1. The van der Waals surface area contributed by atoms with Gasteiger partial charge in [-0.05, 0) is 37.1 Å². The van der Waals surface area contributed by atoms with E-state index in [4.69, 9.17) is 16.6 Å². The fraction of sp³-hybridized carbons (Fsp3) is 0.207. The average molecular weight is 525 g/mol. The lowest BCUT2D eigenvalue weighted by Gasteiger charge is -2.32. The van der Waals surface area contributed by atoms with Crippen LogP contribution in [0.1, 0.15) is 25.8 Å². The number of imidazole rings is 1. The van der Waals surface area contributed by atoms with Crippen LogP contribution in [-0.4, -0.2) is 48.0 Å². The SMILES string of the molecule is CC(=O)N1CCC(n2ccnc2-c2ccc(-c3nc4ccccc4c(=O)n3-c3ccc(Cl)cn3)cc2)CC1. The van der Waals surface area contributed by atoms with E-state index in [2.05, 4.69) is 14.5 Å². The van der Waals surface area contributed by atoms with Crippen molar-refractivity contribution in [3.05, 3.63) is 94.6 Å². The summed E-state index contributed by atoms with van der Waals surface area (Å²) in [7, 11) is 0. The Morgan fingerprint density at radius 1 is 0.921 bits per heavy atom. The molecule has 2 aromatic carbocycles. The molecule has 38 heavy (non-hydrogen) atoms. The maximum atomic E-state index is 13.6. The summed E-state index contributed by atoms with van der Waals surface area (Å²) in [4.78, 5) is 41.1. The standard InChI is InChI=1S/C29H25ClN6O2/c1-19(37)34-15-12-23(13-16-34)35-17-14-31-27(35)20-6-8-21(9-7-20)28-33-25-5-3-2-4-24(25)29(38)36(28)26-11-10-22(30)18-32-26/h2-11,14,17-18,23H,12-13,15-16H2,1H3. The van der Waals surface area contributed by atoms with E-state index in [9.17, 15) is 9.59 Å². The minimum Gasteiger partial charge on any atom is -0.343 e. The smallest absolute Gasteiger partial charge is 0.267 e. The Labute approximate surface area is 224 Å². The fourth-order valence-electron chi connectivity index (χ4n) is 5.10. The van der Waals surface area contributed by atoms with Crippen molar-refractivity contribution in [3.8, 4) is 28.6 Å². The Hall–Kier alpha value is -4.30. The number of para-hydroxylation sites is 1. The number of carbonyl (C=O) groups is 1. The molecule has 0 radical (unpaired) electrons. The lowest BCUT2D eigenvalue weighted by molar-refractivity contribution is -0.130. The van der Waals surface area contributed by atoms with Gasteiger partial charge in [0.25, 0.3) is 5.56 Å². The summed E-state index contributed by atoms with van der Waals surface area (Å²) in [6, 6.07) is 18.9. The van der Waals surface area contributed by atoms with Crippen LogP contribution in [0.25, 0.3) is 39.5 Å². The van der Waals surface area contributed by atoms with Crippen LogP contribution in [0.3, 0.4) is 0 Å². The highest BCUT2D eigenvalue weighted by atomic mass is 35.5. The van der Waals surface area contributed by atoms with Gasteiger partial charge >= 0.3 is 0 Å². The molecule has 1 fully saturated rings. The number of pyridine rings is 1. The van der Waals surface area contributed by atoms with Crippen LogP contribution in [-0.2, 0) is 4.79 Å². The monoisotopic (exact) mass is 524 g/mol. The molecule has 0 aliphatic carbocycles. The quantitative estimate of drug-likeness (QED) is 0.324. The van der Waals surface area contributed by atoms with Crippen molar-refractivity contribution in [1.82, 2.24) is 29.0 Å². The first-order valence-electron chi connectivity index (χ1n) is 12.5. The zero-order chi connectivity index (χ0) is 26.2.